The van der Waals surface area contributed by atoms with Crippen molar-refractivity contribution >= 4 is 52.3 Å². The van der Waals surface area contributed by atoms with Crippen molar-refractivity contribution in [2.24, 2.45) is 0 Å². The molecule has 0 radical (unpaired) electrons. The molecule has 0 aliphatic rings. The van der Waals surface area contributed by atoms with Gasteiger partial charge in [0, 0.05) is 23.7 Å². The predicted octanol–water partition coefficient (Wildman–Crippen LogP) is 4.88. The lowest BCUT2D eigenvalue weighted by Crippen LogP contribution is -2.30. The third-order valence-corrected chi connectivity index (χ3v) is 5.04. The van der Waals surface area contributed by atoms with Crippen molar-refractivity contribution < 1.29 is 13.9 Å². The Kier molecular flexibility index (Phi) is 8.84. The van der Waals surface area contributed by atoms with E-state index in [0.717, 1.165) is 5.75 Å². The first-order valence-electron chi connectivity index (χ1n) is 8.34. The summed E-state index contributed by atoms with van der Waals surface area (Å²) < 4.78 is 18.5. The molecule has 0 fully saturated rings. The van der Waals surface area contributed by atoms with E-state index in [1.54, 1.807) is 49.0 Å². The van der Waals surface area contributed by atoms with Crippen LogP contribution in [0.4, 0.5) is 10.1 Å². The Morgan fingerprint density at radius 2 is 2.07 bits per heavy atom. The molecule has 2 N–H and O–H groups in total. The van der Waals surface area contributed by atoms with E-state index in [9.17, 15) is 9.18 Å². The van der Waals surface area contributed by atoms with Gasteiger partial charge in [-0.25, -0.2) is 9.18 Å². The number of esters is 1. The maximum absolute atomic E-state index is 13.5. The second-order valence-electron chi connectivity index (χ2n) is 5.44. The molecule has 0 atom stereocenters. The lowest BCUT2D eigenvalue weighted by atomic mass is 10.2. The van der Waals surface area contributed by atoms with Crippen LogP contribution in [-0.4, -0.2) is 30.0 Å². The lowest BCUT2D eigenvalue weighted by molar-refractivity contribution is 0.0526. The Morgan fingerprint density at radius 1 is 1.30 bits per heavy atom. The van der Waals surface area contributed by atoms with Gasteiger partial charge >= 0.3 is 5.97 Å². The van der Waals surface area contributed by atoms with E-state index in [-0.39, 0.29) is 12.4 Å². The highest BCUT2D eigenvalue weighted by atomic mass is 35.5. The average molecular weight is 427 g/mol. The summed E-state index contributed by atoms with van der Waals surface area (Å²) in [7, 11) is 0. The van der Waals surface area contributed by atoms with Crippen molar-refractivity contribution in [2.45, 2.75) is 12.7 Å². The number of anilines is 1. The molecular weight excluding hydrogens is 407 g/mol. The molecule has 0 spiro atoms. The van der Waals surface area contributed by atoms with Crippen LogP contribution in [0.25, 0.3) is 0 Å². The summed E-state index contributed by atoms with van der Waals surface area (Å²) in [5, 5.41) is 6.83. The normalized spacial score (nSPS) is 10.3. The minimum atomic E-state index is -0.457. The lowest BCUT2D eigenvalue weighted by Gasteiger charge is -2.12. The SMILES string of the molecule is CCOC(=O)c1ccc(NC(=S)NCCSCc2ccccc2F)cc1Cl. The van der Waals surface area contributed by atoms with Gasteiger partial charge in [-0.1, -0.05) is 29.8 Å². The highest BCUT2D eigenvalue weighted by Gasteiger charge is 2.12. The summed E-state index contributed by atoms with van der Waals surface area (Å²) in [5.74, 6) is 0.748. The van der Waals surface area contributed by atoms with Crippen molar-refractivity contribution in [1.82, 2.24) is 5.32 Å². The molecule has 0 unspecified atom stereocenters. The second-order valence-corrected chi connectivity index (χ2v) is 7.36. The number of rotatable bonds is 8. The number of thiocarbonyl (C=S) groups is 1. The van der Waals surface area contributed by atoms with Gasteiger partial charge in [0.25, 0.3) is 0 Å². The molecule has 2 aromatic carbocycles. The minimum Gasteiger partial charge on any atom is -0.462 e. The van der Waals surface area contributed by atoms with Crippen LogP contribution in [-0.2, 0) is 10.5 Å². The van der Waals surface area contributed by atoms with E-state index in [0.29, 0.717) is 39.2 Å². The monoisotopic (exact) mass is 426 g/mol. The molecule has 2 aromatic rings. The summed E-state index contributed by atoms with van der Waals surface area (Å²) in [6, 6.07) is 11.7. The van der Waals surface area contributed by atoms with Crippen molar-refractivity contribution in [1.29, 1.82) is 0 Å². The van der Waals surface area contributed by atoms with E-state index >= 15 is 0 Å². The van der Waals surface area contributed by atoms with Gasteiger partial charge in [0.15, 0.2) is 5.11 Å². The number of ether oxygens (including phenoxy) is 1. The van der Waals surface area contributed by atoms with E-state index in [1.807, 2.05) is 6.07 Å². The van der Waals surface area contributed by atoms with E-state index in [1.165, 1.54) is 6.07 Å². The summed E-state index contributed by atoms with van der Waals surface area (Å²) in [5.41, 5.74) is 1.68. The van der Waals surface area contributed by atoms with Crippen LogP contribution in [0.5, 0.6) is 0 Å². The third-order valence-electron chi connectivity index (χ3n) is 3.47. The third kappa shape index (κ3) is 7.01. The van der Waals surface area contributed by atoms with Gasteiger partial charge in [-0.2, -0.15) is 11.8 Å². The van der Waals surface area contributed by atoms with Crippen molar-refractivity contribution in [3.63, 3.8) is 0 Å². The number of hydrogen-bond acceptors (Lipinski definition) is 4. The Morgan fingerprint density at radius 3 is 2.78 bits per heavy atom. The fourth-order valence-corrected chi connectivity index (χ4v) is 3.50. The molecule has 2 rings (SSSR count). The van der Waals surface area contributed by atoms with E-state index in [2.05, 4.69) is 10.6 Å². The van der Waals surface area contributed by atoms with Crippen LogP contribution < -0.4 is 10.6 Å². The Balaban J connectivity index is 1.73. The van der Waals surface area contributed by atoms with Gasteiger partial charge in [-0.05, 0) is 49.0 Å². The number of halogens is 2. The molecule has 0 aliphatic carbocycles. The summed E-state index contributed by atoms with van der Waals surface area (Å²) in [6.07, 6.45) is 0. The van der Waals surface area contributed by atoms with Gasteiger partial charge in [0.2, 0.25) is 0 Å². The van der Waals surface area contributed by atoms with Gasteiger partial charge in [-0.15, -0.1) is 0 Å². The first kappa shape index (κ1) is 21.5. The molecule has 0 bridgehead atoms. The summed E-state index contributed by atoms with van der Waals surface area (Å²) in [4.78, 5) is 11.7. The zero-order valence-corrected chi connectivity index (χ0v) is 17.1. The first-order valence-corrected chi connectivity index (χ1v) is 10.3. The quantitative estimate of drug-likeness (QED) is 0.356. The van der Waals surface area contributed by atoms with Crippen LogP contribution in [0.1, 0.15) is 22.8 Å². The first-order chi connectivity index (χ1) is 13.0. The Hall–Kier alpha value is -1.83. The minimum absolute atomic E-state index is 0.182. The molecule has 8 heteroatoms. The predicted molar refractivity (Wildman–Crippen MR) is 114 cm³/mol. The maximum Gasteiger partial charge on any atom is 0.339 e. The molecule has 144 valence electrons. The highest BCUT2D eigenvalue weighted by Crippen LogP contribution is 2.22. The zero-order chi connectivity index (χ0) is 19.6. The molecule has 0 saturated carbocycles. The molecule has 0 aliphatic heterocycles. The smallest absolute Gasteiger partial charge is 0.339 e. The number of nitrogens with one attached hydrogen (secondary N) is 2. The number of hydrogen-bond donors (Lipinski definition) is 2. The van der Waals surface area contributed by atoms with Crippen molar-refractivity contribution in [3.05, 3.63) is 64.4 Å². The maximum atomic E-state index is 13.5. The topological polar surface area (TPSA) is 50.4 Å². The summed E-state index contributed by atoms with van der Waals surface area (Å²) >= 11 is 13.0. The molecule has 0 amide bonds. The van der Waals surface area contributed by atoms with Crippen LogP contribution in [0, 0.1) is 5.82 Å². The van der Waals surface area contributed by atoms with Gasteiger partial charge in [0.05, 0.1) is 17.2 Å². The number of thioether (sulfide) groups is 1. The molecule has 4 nitrogen and oxygen atoms in total. The summed E-state index contributed by atoms with van der Waals surface area (Å²) in [6.45, 7) is 2.66. The van der Waals surface area contributed by atoms with Gasteiger partial charge in [0.1, 0.15) is 5.82 Å². The zero-order valence-electron chi connectivity index (χ0n) is 14.8. The van der Waals surface area contributed by atoms with Gasteiger partial charge in [-0.3, -0.25) is 0 Å². The highest BCUT2D eigenvalue weighted by molar-refractivity contribution is 7.98. The largest absolute Gasteiger partial charge is 0.462 e. The average Bonchev–Trinajstić information content (AvgIpc) is 2.63. The van der Waals surface area contributed by atoms with Crippen molar-refractivity contribution in [2.75, 3.05) is 24.2 Å². The molecular formula is C19H20ClFN2O2S2. The van der Waals surface area contributed by atoms with E-state index in [4.69, 9.17) is 28.6 Å². The standard InChI is InChI=1S/C19H20ClFN2O2S2/c1-2-25-18(24)15-8-7-14(11-16(15)20)23-19(26)22-9-10-27-12-13-5-3-4-6-17(13)21/h3-8,11H,2,9-10,12H2,1H3,(H2,22,23,26). The fourth-order valence-electron chi connectivity index (χ4n) is 2.18. The molecule has 0 aromatic heterocycles. The molecule has 27 heavy (non-hydrogen) atoms. The van der Waals surface area contributed by atoms with Crippen LogP contribution in [0.2, 0.25) is 5.02 Å². The van der Waals surface area contributed by atoms with Gasteiger partial charge < -0.3 is 15.4 Å². The second kappa shape index (κ2) is 11.1. The van der Waals surface area contributed by atoms with Crippen LogP contribution >= 0.6 is 35.6 Å². The fraction of sp³-hybridized carbons (Fsp3) is 0.263. The van der Waals surface area contributed by atoms with Crippen LogP contribution in [0.3, 0.4) is 0 Å². The van der Waals surface area contributed by atoms with Crippen molar-refractivity contribution in [3.8, 4) is 0 Å². The number of benzene rings is 2. The Bertz CT molecular complexity index is 805. The van der Waals surface area contributed by atoms with Crippen LogP contribution in [0.15, 0.2) is 42.5 Å². The molecule has 0 saturated heterocycles. The molecule has 0 heterocycles. The Labute approximate surface area is 172 Å². The van der Waals surface area contributed by atoms with E-state index < -0.39 is 5.97 Å². The number of carbonyl (C=O) groups excluding carboxylic acids is 1. The number of carbonyl (C=O) groups is 1.